The number of amides is 3. The van der Waals surface area contributed by atoms with Gasteiger partial charge in [-0.2, -0.15) is 0 Å². The Morgan fingerprint density at radius 2 is 1.62 bits per heavy atom. The van der Waals surface area contributed by atoms with Crippen molar-refractivity contribution in [3.8, 4) is 0 Å². The van der Waals surface area contributed by atoms with E-state index in [4.69, 9.17) is 28.0 Å². The number of nitrogens with one attached hydrogen (secondary N) is 3. The van der Waals surface area contributed by atoms with Crippen LogP contribution in [0.15, 0.2) is 4.99 Å². The molecular formula is C18H36N8O6. The van der Waals surface area contributed by atoms with Crippen molar-refractivity contribution < 1.29 is 29.4 Å². The molecule has 0 aliphatic rings. The van der Waals surface area contributed by atoms with Gasteiger partial charge in [-0.1, -0.05) is 0 Å². The van der Waals surface area contributed by atoms with Gasteiger partial charge in [0, 0.05) is 6.54 Å². The number of aliphatic hydroxyl groups is 1. The molecule has 0 aliphatic carbocycles. The summed E-state index contributed by atoms with van der Waals surface area (Å²) < 4.78 is 0. The Balaban J connectivity index is 5.09. The molecule has 14 nitrogen and oxygen atoms in total. The fourth-order valence-corrected chi connectivity index (χ4v) is 2.62. The molecule has 184 valence electrons. The quantitative estimate of drug-likeness (QED) is 0.0612. The van der Waals surface area contributed by atoms with Crippen molar-refractivity contribution in [2.24, 2.45) is 27.9 Å². The molecule has 0 fully saturated rings. The summed E-state index contributed by atoms with van der Waals surface area (Å²) in [5.74, 6) is -3.53. The summed E-state index contributed by atoms with van der Waals surface area (Å²) >= 11 is 0. The predicted octanol–water partition coefficient (Wildman–Crippen LogP) is -3.95. The Bertz CT molecular complexity index is 653. The predicted molar refractivity (Wildman–Crippen MR) is 117 cm³/mol. The van der Waals surface area contributed by atoms with Crippen molar-refractivity contribution in [1.82, 2.24) is 16.0 Å². The number of hydrogen-bond donors (Lipinski definition) is 9. The third-order valence-electron chi connectivity index (χ3n) is 4.36. The van der Waals surface area contributed by atoms with Gasteiger partial charge in [0.05, 0.1) is 12.1 Å². The average Bonchev–Trinajstić information content (AvgIpc) is 2.71. The molecule has 14 heteroatoms. The van der Waals surface area contributed by atoms with Gasteiger partial charge >= 0.3 is 5.97 Å². The largest absolute Gasteiger partial charge is 0.480 e. The topological polar surface area (TPSA) is 261 Å². The Labute approximate surface area is 186 Å². The molecule has 13 N–H and O–H groups in total. The van der Waals surface area contributed by atoms with Crippen LogP contribution in [0.4, 0.5) is 0 Å². The number of aliphatic imine (C=N–C) groups is 1. The van der Waals surface area contributed by atoms with Crippen LogP contribution in [-0.2, 0) is 19.2 Å². The average molecular weight is 461 g/mol. The lowest BCUT2D eigenvalue weighted by Crippen LogP contribution is -2.58. The highest BCUT2D eigenvalue weighted by molar-refractivity contribution is 5.93. The molecule has 0 aliphatic heterocycles. The third-order valence-corrected chi connectivity index (χ3v) is 4.36. The molecule has 0 radical (unpaired) electrons. The Morgan fingerprint density at radius 1 is 0.969 bits per heavy atom. The normalized spacial score (nSPS) is 14.4. The molecule has 0 spiro atoms. The molecule has 0 heterocycles. The Kier molecular flexibility index (Phi) is 14.3. The molecule has 0 aromatic rings. The van der Waals surface area contributed by atoms with Crippen LogP contribution in [0.5, 0.6) is 0 Å². The summed E-state index contributed by atoms with van der Waals surface area (Å²) in [7, 11) is 0. The number of hydrogen-bond acceptors (Lipinski definition) is 8. The van der Waals surface area contributed by atoms with Crippen LogP contribution in [0.3, 0.4) is 0 Å². The van der Waals surface area contributed by atoms with Gasteiger partial charge in [-0.05, 0) is 45.6 Å². The van der Waals surface area contributed by atoms with E-state index in [1.165, 1.54) is 6.92 Å². The number of carbonyl (C=O) groups excluding carboxylic acids is 3. The monoisotopic (exact) mass is 460 g/mol. The molecule has 0 saturated heterocycles. The number of aliphatic carboxylic acids is 1. The second-order valence-electron chi connectivity index (χ2n) is 7.24. The molecular weight excluding hydrogens is 424 g/mol. The number of carbonyl (C=O) groups is 4. The summed E-state index contributed by atoms with van der Waals surface area (Å²) in [6, 6.07) is -3.37. The molecule has 0 aromatic heterocycles. The molecule has 4 atom stereocenters. The van der Waals surface area contributed by atoms with Crippen molar-refractivity contribution in [1.29, 1.82) is 0 Å². The van der Waals surface area contributed by atoms with Crippen LogP contribution in [0, 0.1) is 0 Å². The molecule has 0 aromatic carbocycles. The first-order chi connectivity index (χ1) is 15.0. The number of nitrogens with zero attached hydrogens (tertiary/aromatic N) is 1. The van der Waals surface area contributed by atoms with E-state index in [0.717, 1.165) is 0 Å². The summed E-state index contributed by atoms with van der Waals surface area (Å²) in [6.45, 7) is 1.27. The number of rotatable bonds is 16. The highest BCUT2D eigenvalue weighted by Crippen LogP contribution is 2.05. The highest BCUT2D eigenvalue weighted by atomic mass is 16.4. The molecule has 0 bridgehead atoms. The number of unbranched alkanes of at least 4 members (excludes halogenated alkanes) is 1. The maximum atomic E-state index is 12.7. The van der Waals surface area contributed by atoms with E-state index in [1.807, 2.05) is 0 Å². The van der Waals surface area contributed by atoms with Crippen molar-refractivity contribution in [3.05, 3.63) is 0 Å². The van der Waals surface area contributed by atoms with Gasteiger partial charge in [-0.25, -0.2) is 0 Å². The Morgan fingerprint density at radius 3 is 2.16 bits per heavy atom. The number of carboxylic acid groups (broad SMARTS) is 1. The minimum Gasteiger partial charge on any atom is -0.480 e. The fraction of sp³-hybridized carbons (Fsp3) is 0.722. The lowest BCUT2D eigenvalue weighted by molar-refractivity contribution is -0.139. The van der Waals surface area contributed by atoms with Gasteiger partial charge in [0.2, 0.25) is 17.7 Å². The minimum atomic E-state index is -1.41. The first kappa shape index (κ1) is 29.0. The lowest BCUT2D eigenvalue weighted by Gasteiger charge is -2.25. The molecule has 3 amide bonds. The van der Waals surface area contributed by atoms with E-state index in [9.17, 15) is 24.3 Å². The van der Waals surface area contributed by atoms with Gasteiger partial charge in [0.15, 0.2) is 5.96 Å². The second kappa shape index (κ2) is 15.8. The van der Waals surface area contributed by atoms with Crippen molar-refractivity contribution in [2.75, 3.05) is 19.6 Å². The number of aliphatic hydroxyl groups excluding tert-OH is 1. The highest BCUT2D eigenvalue weighted by Gasteiger charge is 2.30. The van der Waals surface area contributed by atoms with Crippen molar-refractivity contribution in [2.45, 2.75) is 63.3 Å². The van der Waals surface area contributed by atoms with Gasteiger partial charge in [-0.3, -0.25) is 24.2 Å². The summed E-state index contributed by atoms with van der Waals surface area (Å²) in [5, 5.41) is 25.5. The summed E-state index contributed by atoms with van der Waals surface area (Å²) in [5.41, 5.74) is 21.8. The maximum Gasteiger partial charge on any atom is 0.322 e. The van der Waals surface area contributed by atoms with Crippen LogP contribution in [-0.4, -0.2) is 83.7 Å². The first-order valence-electron chi connectivity index (χ1n) is 10.3. The Hall–Kier alpha value is -2.97. The van der Waals surface area contributed by atoms with E-state index in [0.29, 0.717) is 32.4 Å². The van der Waals surface area contributed by atoms with Crippen LogP contribution in [0.1, 0.15) is 39.0 Å². The first-order valence-corrected chi connectivity index (χ1v) is 10.3. The van der Waals surface area contributed by atoms with Gasteiger partial charge in [0.25, 0.3) is 0 Å². The molecule has 4 unspecified atom stereocenters. The molecule has 0 rings (SSSR count). The fourth-order valence-electron chi connectivity index (χ4n) is 2.62. The van der Waals surface area contributed by atoms with Crippen molar-refractivity contribution in [3.63, 3.8) is 0 Å². The number of carboxylic acids is 1. The zero-order valence-electron chi connectivity index (χ0n) is 18.3. The van der Waals surface area contributed by atoms with E-state index < -0.39 is 54.5 Å². The minimum absolute atomic E-state index is 0.0697. The van der Waals surface area contributed by atoms with Crippen LogP contribution >= 0.6 is 0 Å². The SMILES string of the molecule is CC(O)C(NC(=O)C(CCCCN)NC(=O)C(N)CCCN=C(N)N)C(=O)NCC(=O)O. The van der Waals surface area contributed by atoms with Crippen LogP contribution in [0.25, 0.3) is 0 Å². The summed E-state index contributed by atoms with van der Waals surface area (Å²) in [4.78, 5) is 51.7. The van der Waals surface area contributed by atoms with E-state index in [2.05, 4.69) is 20.9 Å². The number of nitrogens with two attached hydrogens (primary N) is 4. The van der Waals surface area contributed by atoms with Gasteiger partial charge < -0.3 is 49.1 Å². The second-order valence-corrected chi connectivity index (χ2v) is 7.24. The molecule has 0 saturated carbocycles. The van der Waals surface area contributed by atoms with E-state index in [-0.39, 0.29) is 18.8 Å². The van der Waals surface area contributed by atoms with Gasteiger partial charge in [-0.15, -0.1) is 0 Å². The summed E-state index contributed by atoms with van der Waals surface area (Å²) in [6.07, 6.45) is 0.741. The van der Waals surface area contributed by atoms with Crippen LogP contribution < -0.4 is 38.9 Å². The van der Waals surface area contributed by atoms with Gasteiger partial charge in [0.1, 0.15) is 18.6 Å². The van der Waals surface area contributed by atoms with E-state index >= 15 is 0 Å². The van der Waals surface area contributed by atoms with E-state index in [1.54, 1.807) is 0 Å². The number of guanidine groups is 1. The smallest absolute Gasteiger partial charge is 0.322 e. The third kappa shape index (κ3) is 12.7. The van der Waals surface area contributed by atoms with Crippen molar-refractivity contribution >= 4 is 29.7 Å². The standard InChI is InChI=1S/C18H36N8O6/c1-10(27)14(17(32)24-9-13(28)29)26-16(31)12(6-2-3-7-19)25-15(30)11(20)5-4-8-23-18(21)22/h10-12,14,27H,2-9,19-20H2,1H3,(H,24,32)(H,25,30)(H,26,31)(H,28,29)(H4,21,22,23). The molecule has 32 heavy (non-hydrogen) atoms. The zero-order chi connectivity index (χ0) is 24.7. The zero-order valence-corrected chi connectivity index (χ0v) is 18.3. The maximum absolute atomic E-state index is 12.7. The van der Waals surface area contributed by atoms with Crippen LogP contribution in [0.2, 0.25) is 0 Å². The lowest BCUT2D eigenvalue weighted by atomic mass is 10.1.